The Morgan fingerprint density at radius 3 is 2.65 bits per heavy atom. The summed E-state index contributed by atoms with van der Waals surface area (Å²) in [5, 5.41) is 0.893. The van der Waals surface area contributed by atoms with Crippen molar-refractivity contribution in [2.24, 2.45) is 0 Å². The maximum atomic E-state index is 11.4. The monoisotopic (exact) mass is 268 g/mol. The molecule has 102 valence electrons. The lowest BCUT2D eigenvalue weighted by atomic mass is 9.93. The number of aromatic amines is 1. The van der Waals surface area contributed by atoms with Gasteiger partial charge in [0.1, 0.15) is 12.1 Å². The Kier molecular flexibility index (Phi) is 2.71. The predicted molar refractivity (Wildman–Crippen MR) is 78.2 cm³/mol. The Bertz CT molecular complexity index is 823. The first-order valence-electron chi connectivity index (χ1n) is 6.48. The minimum absolute atomic E-state index is 0.00977. The zero-order valence-electron chi connectivity index (χ0n) is 11.7. The highest BCUT2D eigenvalue weighted by molar-refractivity contribution is 5.84. The molecule has 0 bridgehead atoms. The second-order valence-electron chi connectivity index (χ2n) is 5.83. The van der Waals surface area contributed by atoms with E-state index in [0.29, 0.717) is 0 Å². The first-order valence-corrected chi connectivity index (χ1v) is 6.48. The molecule has 3 rings (SSSR count). The SMILES string of the molecule is CC(C)(C)c1cn(-c2nccc3[nH]c(=O)ccc23)cn1. The van der Waals surface area contributed by atoms with Crippen molar-refractivity contribution >= 4 is 10.9 Å². The van der Waals surface area contributed by atoms with Crippen LogP contribution < -0.4 is 5.56 Å². The van der Waals surface area contributed by atoms with Crippen molar-refractivity contribution < 1.29 is 0 Å². The van der Waals surface area contributed by atoms with Gasteiger partial charge < -0.3 is 4.98 Å². The molecule has 0 saturated heterocycles. The van der Waals surface area contributed by atoms with Gasteiger partial charge in [0.05, 0.1) is 11.2 Å². The summed E-state index contributed by atoms with van der Waals surface area (Å²) < 4.78 is 1.89. The molecule has 0 fully saturated rings. The van der Waals surface area contributed by atoms with E-state index in [-0.39, 0.29) is 11.0 Å². The number of hydrogen-bond acceptors (Lipinski definition) is 3. The Morgan fingerprint density at radius 1 is 1.15 bits per heavy atom. The minimum Gasteiger partial charge on any atom is -0.322 e. The molecule has 0 aromatic carbocycles. The van der Waals surface area contributed by atoms with E-state index in [4.69, 9.17) is 0 Å². The third-order valence-electron chi connectivity index (χ3n) is 3.22. The summed E-state index contributed by atoms with van der Waals surface area (Å²) in [5.74, 6) is 0.766. The standard InChI is InChI=1S/C15H16N4O/c1-15(2,3)12-8-19(9-17-12)14-10-4-5-13(20)18-11(10)6-7-16-14/h4-9H,1-3H3,(H,18,20). The highest BCUT2D eigenvalue weighted by atomic mass is 16.1. The lowest BCUT2D eigenvalue weighted by Gasteiger charge is -2.14. The van der Waals surface area contributed by atoms with Crippen LogP contribution in [0.5, 0.6) is 0 Å². The van der Waals surface area contributed by atoms with Crippen LogP contribution in [0.2, 0.25) is 0 Å². The Hall–Kier alpha value is -2.43. The average Bonchev–Trinajstić information content (AvgIpc) is 2.87. The molecule has 0 atom stereocenters. The summed E-state index contributed by atoms with van der Waals surface area (Å²) in [4.78, 5) is 23.0. The van der Waals surface area contributed by atoms with Crippen molar-refractivity contribution in [2.45, 2.75) is 26.2 Å². The molecule has 0 spiro atoms. The zero-order chi connectivity index (χ0) is 14.3. The van der Waals surface area contributed by atoms with Crippen molar-refractivity contribution in [3.63, 3.8) is 0 Å². The van der Waals surface area contributed by atoms with E-state index in [2.05, 4.69) is 35.7 Å². The lowest BCUT2D eigenvalue weighted by molar-refractivity contribution is 0.572. The summed E-state index contributed by atoms with van der Waals surface area (Å²) in [6.45, 7) is 6.36. The van der Waals surface area contributed by atoms with E-state index in [1.54, 1.807) is 24.7 Å². The fourth-order valence-electron chi connectivity index (χ4n) is 2.10. The highest BCUT2D eigenvalue weighted by Gasteiger charge is 2.17. The zero-order valence-corrected chi connectivity index (χ0v) is 11.7. The van der Waals surface area contributed by atoms with Crippen LogP contribution in [0, 0.1) is 0 Å². The third kappa shape index (κ3) is 2.11. The number of imidazole rings is 1. The van der Waals surface area contributed by atoms with E-state index >= 15 is 0 Å². The van der Waals surface area contributed by atoms with Gasteiger partial charge in [0.2, 0.25) is 5.56 Å². The molecule has 5 heteroatoms. The van der Waals surface area contributed by atoms with Crippen molar-refractivity contribution in [3.05, 3.63) is 53.0 Å². The molecule has 0 aliphatic heterocycles. The van der Waals surface area contributed by atoms with Crippen molar-refractivity contribution in [3.8, 4) is 5.82 Å². The van der Waals surface area contributed by atoms with E-state index in [1.165, 1.54) is 6.07 Å². The first-order chi connectivity index (χ1) is 9.45. The van der Waals surface area contributed by atoms with Crippen LogP contribution in [-0.2, 0) is 5.41 Å². The van der Waals surface area contributed by atoms with Gasteiger partial charge in [-0.3, -0.25) is 9.36 Å². The largest absolute Gasteiger partial charge is 0.322 e. The quantitative estimate of drug-likeness (QED) is 0.737. The smallest absolute Gasteiger partial charge is 0.248 e. The molecule has 5 nitrogen and oxygen atoms in total. The highest BCUT2D eigenvalue weighted by Crippen LogP contribution is 2.23. The second-order valence-corrected chi connectivity index (χ2v) is 5.83. The van der Waals surface area contributed by atoms with Crippen LogP contribution in [0.15, 0.2) is 41.7 Å². The number of rotatable bonds is 1. The number of fused-ring (bicyclic) bond motifs is 1. The Morgan fingerprint density at radius 2 is 1.95 bits per heavy atom. The van der Waals surface area contributed by atoms with Crippen LogP contribution in [0.25, 0.3) is 16.7 Å². The Labute approximate surface area is 116 Å². The van der Waals surface area contributed by atoms with Gasteiger partial charge in [-0.15, -0.1) is 0 Å². The molecule has 3 heterocycles. The van der Waals surface area contributed by atoms with Gasteiger partial charge in [-0.2, -0.15) is 0 Å². The number of pyridine rings is 2. The van der Waals surface area contributed by atoms with Gasteiger partial charge in [-0.1, -0.05) is 20.8 Å². The molecule has 0 unspecified atom stereocenters. The summed E-state index contributed by atoms with van der Waals surface area (Å²) >= 11 is 0. The normalized spacial score (nSPS) is 11.9. The fourth-order valence-corrected chi connectivity index (χ4v) is 2.10. The number of nitrogens with one attached hydrogen (secondary N) is 1. The average molecular weight is 268 g/mol. The first kappa shape index (κ1) is 12.6. The number of hydrogen-bond donors (Lipinski definition) is 1. The Balaban J connectivity index is 2.20. The summed E-state index contributed by atoms with van der Waals surface area (Å²) in [5.41, 5.74) is 1.65. The lowest BCUT2D eigenvalue weighted by Crippen LogP contribution is -2.11. The molecule has 0 aliphatic rings. The van der Waals surface area contributed by atoms with Crippen LogP contribution >= 0.6 is 0 Å². The number of H-pyrrole nitrogens is 1. The van der Waals surface area contributed by atoms with Gasteiger partial charge in [0, 0.05) is 29.3 Å². The van der Waals surface area contributed by atoms with Gasteiger partial charge in [-0.25, -0.2) is 9.97 Å². The molecule has 0 radical (unpaired) electrons. The van der Waals surface area contributed by atoms with Crippen molar-refractivity contribution in [1.82, 2.24) is 19.5 Å². The third-order valence-corrected chi connectivity index (χ3v) is 3.22. The van der Waals surface area contributed by atoms with Gasteiger partial charge >= 0.3 is 0 Å². The van der Waals surface area contributed by atoms with Gasteiger partial charge in [0.25, 0.3) is 0 Å². The van der Waals surface area contributed by atoms with E-state index in [1.807, 2.05) is 10.8 Å². The van der Waals surface area contributed by atoms with E-state index < -0.39 is 0 Å². The predicted octanol–water partition coefficient (Wildman–Crippen LogP) is 2.41. The summed E-state index contributed by atoms with van der Waals surface area (Å²) in [6, 6.07) is 5.09. The molecular formula is C15H16N4O. The minimum atomic E-state index is -0.115. The topological polar surface area (TPSA) is 63.6 Å². The van der Waals surface area contributed by atoms with Crippen LogP contribution in [0.3, 0.4) is 0 Å². The molecule has 20 heavy (non-hydrogen) atoms. The van der Waals surface area contributed by atoms with Gasteiger partial charge in [-0.05, 0) is 12.1 Å². The van der Waals surface area contributed by atoms with Gasteiger partial charge in [0.15, 0.2) is 0 Å². The molecule has 3 aromatic rings. The molecule has 0 amide bonds. The second kappa shape index (κ2) is 4.30. The van der Waals surface area contributed by atoms with E-state index in [9.17, 15) is 4.79 Å². The van der Waals surface area contributed by atoms with Crippen LogP contribution in [0.1, 0.15) is 26.5 Å². The van der Waals surface area contributed by atoms with Crippen LogP contribution in [-0.4, -0.2) is 19.5 Å². The number of nitrogens with zero attached hydrogens (tertiary/aromatic N) is 3. The summed E-state index contributed by atoms with van der Waals surface area (Å²) in [6.07, 6.45) is 5.42. The molecule has 0 saturated carbocycles. The summed E-state index contributed by atoms with van der Waals surface area (Å²) in [7, 11) is 0. The molecular weight excluding hydrogens is 252 g/mol. The number of aromatic nitrogens is 4. The molecule has 0 aliphatic carbocycles. The fraction of sp³-hybridized carbons (Fsp3) is 0.267. The van der Waals surface area contributed by atoms with Crippen molar-refractivity contribution in [1.29, 1.82) is 0 Å². The van der Waals surface area contributed by atoms with Crippen molar-refractivity contribution in [2.75, 3.05) is 0 Å². The molecule has 1 N–H and O–H groups in total. The maximum absolute atomic E-state index is 11.4. The van der Waals surface area contributed by atoms with Crippen LogP contribution in [0.4, 0.5) is 0 Å². The maximum Gasteiger partial charge on any atom is 0.248 e. The molecule has 3 aromatic heterocycles. The van der Waals surface area contributed by atoms with E-state index in [0.717, 1.165) is 22.4 Å².